The number of hydrogen-bond donors (Lipinski definition) is 4. The van der Waals surface area contributed by atoms with Gasteiger partial charge in [-0.25, -0.2) is 0 Å². The molecule has 0 aliphatic heterocycles. The van der Waals surface area contributed by atoms with Crippen LogP contribution in [0.25, 0.3) is 0 Å². The van der Waals surface area contributed by atoms with Gasteiger partial charge in [-0.05, 0) is 27.2 Å². The third-order valence-electron chi connectivity index (χ3n) is 1.32. The molecule has 0 amide bonds. The van der Waals surface area contributed by atoms with Crippen LogP contribution < -0.4 is 0 Å². The fourth-order valence-electron chi connectivity index (χ4n) is 0.129. The van der Waals surface area contributed by atoms with Crippen LogP contribution in [0.3, 0.4) is 0 Å². The minimum Gasteiger partial charge on any atom is -0.481 e. The van der Waals surface area contributed by atoms with E-state index in [1.165, 1.54) is 0 Å². The molecule has 0 fully saturated rings. The summed E-state index contributed by atoms with van der Waals surface area (Å²) in [6.07, 6.45) is 0.126. The first-order valence-electron chi connectivity index (χ1n) is 5.20. The average Bonchev–Trinajstić information content (AvgIpc) is 2.15. The molecule has 0 radical (unpaired) electrons. The molecular weight excluding hydrogens is 228 g/mol. The Bertz CT molecular complexity index is 198. The maximum absolute atomic E-state index is 10.0. The topological polar surface area (TPSA) is 115 Å². The highest BCUT2D eigenvalue weighted by molar-refractivity contribution is 5.72. The van der Waals surface area contributed by atoms with Gasteiger partial charge >= 0.3 is 5.97 Å². The number of carboxylic acids is 2. The number of aliphatic hydroxyl groups excluding tert-OH is 2. The predicted octanol–water partition coefficient (Wildman–Crippen LogP) is 0.958. The molecule has 0 spiro atoms. The second kappa shape index (κ2) is 11.3. The van der Waals surface area contributed by atoms with E-state index >= 15 is 0 Å². The first-order chi connectivity index (χ1) is 7.48. The molecule has 4 N–H and O–H groups in total. The fraction of sp³-hybridized carbons (Fsp3) is 0.818. The summed E-state index contributed by atoms with van der Waals surface area (Å²) in [5, 5.41) is 32.2. The molecule has 0 saturated heterocycles. The lowest BCUT2D eigenvalue weighted by molar-refractivity contribution is -0.145. The van der Waals surface area contributed by atoms with Gasteiger partial charge in [-0.1, -0.05) is 6.92 Å². The summed E-state index contributed by atoms with van der Waals surface area (Å²) in [6.45, 7) is 7.78. The van der Waals surface area contributed by atoms with Crippen molar-refractivity contribution in [3.8, 4) is 0 Å². The van der Waals surface area contributed by atoms with Gasteiger partial charge in [-0.3, -0.25) is 9.59 Å². The molecule has 0 aliphatic rings. The molecule has 0 saturated carbocycles. The van der Waals surface area contributed by atoms with Crippen LogP contribution in [0.1, 0.15) is 41.0 Å². The van der Waals surface area contributed by atoms with Crippen LogP contribution in [-0.4, -0.2) is 45.1 Å². The second-order valence-electron chi connectivity index (χ2n) is 4.32. The van der Waals surface area contributed by atoms with Gasteiger partial charge in [0.1, 0.15) is 0 Å². The van der Waals surface area contributed by atoms with Crippen LogP contribution in [0.4, 0.5) is 0 Å². The standard InChI is InChI=1S/C5H10O2.C4H10O2.C2H4O2/c1-5(2,3)4(6)7;1-2-4(6)3-5;1-2(3)4/h1-3H3,(H,6,7);4-6H,2-3H2,1H3;1H3,(H,3,4). The Hall–Kier alpha value is -1.14. The molecule has 0 heterocycles. The lowest BCUT2D eigenvalue weighted by Crippen LogP contribution is -2.18. The SMILES string of the molecule is CC(=O)O.CC(C)(C)C(=O)O.CCC(O)CO. The van der Waals surface area contributed by atoms with Crippen molar-refractivity contribution < 1.29 is 30.0 Å². The van der Waals surface area contributed by atoms with E-state index in [4.69, 9.17) is 25.2 Å². The van der Waals surface area contributed by atoms with E-state index in [1.807, 2.05) is 6.92 Å². The highest BCUT2D eigenvalue weighted by atomic mass is 16.4. The van der Waals surface area contributed by atoms with Gasteiger partial charge in [0.25, 0.3) is 5.97 Å². The normalized spacial score (nSPS) is 11.2. The molecule has 1 unspecified atom stereocenters. The summed E-state index contributed by atoms with van der Waals surface area (Å²) in [5.74, 6) is -1.59. The summed E-state index contributed by atoms with van der Waals surface area (Å²) in [6, 6.07) is 0. The lowest BCUT2D eigenvalue weighted by atomic mass is 9.98. The molecule has 17 heavy (non-hydrogen) atoms. The predicted molar refractivity (Wildman–Crippen MR) is 63.8 cm³/mol. The van der Waals surface area contributed by atoms with Crippen molar-refractivity contribution in [2.75, 3.05) is 6.61 Å². The monoisotopic (exact) mass is 252 g/mol. The fourth-order valence-corrected chi connectivity index (χ4v) is 0.129. The zero-order valence-corrected chi connectivity index (χ0v) is 11.1. The van der Waals surface area contributed by atoms with Crippen LogP contribution in [-0.2, 0) is 9.59 Å². The second-order valence-corrected chi connectivity index (χ2v) is 4.32. The summed E-state index contributed by atoms with van der Waals surface area (Å²) < 4.78 is 0. The van der Waals surface area contributed by atoms with Crippen LogP contribution >= 0.6 is 0 Å². The minimum absolute atomic E-state index is 0.115. The summed E-state index contributed by atoms with van der Waals surface area (Å²) in [5.41, 5.74) is -0.583. The Labute approximate surface area is 102 Å². The minimum atomic E-state index is -0.833. The molecule has 0 bridgehead atoms. The molecule has 6 nitrogen and oxygen atoms in total. The summed E-state index contributed by atoms with van der Waals surface area (Å²) in [4.78, 5) is 19.0. The van der Waals surface area contributed by atoms with Crippen LogP contribution in [0, 0.1) is 5.41 Å². The summed E-state index contributed by atoms with van der Waals surface area (Å²) in [7, 11) is 0. The Morgan fingerprint density at radius 1 is 1.18 bits per heavy atom. The molecular formula is C11H24O6. The molecule has 1 atom stereocenters. The molecule has 0 aromatic rings. The summed E-state index contributed by atoms with van der Waals surface area (Å²) >= 11 is 0. The lowest BCUT2D eigenvalue weighted by Gasteiger charge is -2.08. The van der Waals surface area contributed by atoms with Gasteiger partial charge in [0.2, 0.25) is 0 Å². The van der Waals surface area contributed by atoms with Crippen molar-refractivity contribution in [2.24, 2.45) is 5.41 Å². The van der Waals surface area contributed by atoms with E-state index in [-0.39, 0.29) is 6.61 Å². The van der Waals surface area contributed by atoms with E-state index in [0.29, 0.717) is 6.42 Å². The van der Waals surface area contributed by atoms with Crippen LogP contribution in [0.15, 0.2) is 0 Å². The van der Waals surface area contributed by atoms with Crippen LogP contribution in [0.2, 0.25) is 0 Å². The third kappa shape index (κ3) is 31.3. The average molecular weight is 252 g/mol. The number of aliphatic hydroxyl groups is 2. The van der Waals surface area contributed by atoms with Crippen molar-refractivity contribution in [1.29, 1.82) is 0 Å². The van der Waals surface area contributed by atoms with Gasteiger partial charge in [0.15, 0.2) is 0 Å². The number of carboxylic acid groups (broad SMARTS) is 2. The highest BCUT2D eigenvalue weighted by Crippen LogP contribution is 2.11. The molecule has 104 valence electrons. The van der Waals surface area contributed by atoms with Gasteiger partial charge in [-0.15, -0.1) is 0 Å². The zero-order chi connectivity index (χ0) is 14.6. The Morgan fingerprint density at radius 2 is 1.41 bits per heavy atom. The van der Waals surface area contributed by atoms with Crippen molar-refractivity contribution in [3.05, 3.63) is 0 Å². The Morgan fingerprint density at radius 3 is 1.41 bits per heavy atom. The highest BCUT2D eigenvalue weighted by Gasteiger charge is 2.18. The first-order valence-corrected chi connectivity index (χ1v) is 5.20. The number of hydrogen-bond acceptors (Lipinski definition) is 4. The quantitative estimate of drug-likeness (QED) is 0.582. The first kappa shape index (κ1) is 21.2. The van der Waals surface area contributed by atoms with E-state index in [1.54, 1.807) is 20.8 Å². The number of rotatable bonds is 2. The molecule has 0 rings (SSSR count). The van der Waals surface area contributed by atoms with Crippen LogP contribution in [0.5, 0.6) is 0 Å². The van der Waals surface area contributed by atoms with E-state index in [9.17, 15) is 4.79 Å². The number of carbonyl (C=O) groups is 2. The van der Waals surface area contributed by atoms with E-state index < -0.39 is 23.5 Å². The maximum atomic E-state index is 10.0. The molecule has 0 aliphatic carbocycles. The Kier molecular flexibility index (Phi) is 14.1. The van der Waals surface area contributed by atoms with Crippen molar-refractivity contribution >= 4 is 11.9 Å². The zero-order valence-electron chi connectivity index (χ0n) is 11.1. The largest absolute Gasteiger partial charge is 0.481 e. The molecule has 6 heteroatoms. The smallest absolute Gasteiger partial charge is 0.308 e. The van der Waals surface area contributed by atoms with Gasteiger partial charge in [-0.2, -0.15) is 0 Å². The molecule has 0 aromatic carbocycles. The number of aliphatic carboxylic acids is 2. The van der Waals surface area contributed by atoms with Gasteiger partial charge in [0, 0.05) is 6.92 Å². The molecule has 0 aromatic heterocycles. The van der Waals surface area contributed by atoms with Gasteiger partial charge in [0.05, 0.1) is 18.1 Å². The third-order valence-corrected chi connectivity index (χ3v) is 1.32. The van der Waals surface area contributed by atoms with Crippen molar-refractivity contribution in [2.45, 2.75) is 47.1 Å². The maximum Gasteiger partial charge on any atom is 0.308 e. The van der Waals surface area contributed by atoms with Crippen molar-refractivity contribution in [1.82, 2.24) is 0 Å². The van der Waals surface area contributed by atoms with E-state index in [0.717, 1.165) is 6.92 Å². The van der Waals surface area contributed by atoms with E-state index in [2.05, 4.69) is 0 Å². The van der Waals surface area contributed by atoms with Crippen molar-refractivity contribution in [3.63, 3.8) is 0 Å². The Balaban J connectivity index is -0.000000180. The van der Waals surface area contributed by atoms with Gasteiger partial charge < -0.3 is 20.4 Å².